The summed E-state index contributed by atoms with van der Waals surface area (Å²) in [6, 6.07) is 32.5. The lowest BCUT2D eigenvalue weighted by atomic mass is 10.4. The lowest BCUT2D eigenvalue weighted by Gasteiger charge is -2.27. The van der Waals surface area contributed by atoms with Gasteiger partial charge in [-0.2, -0.15) is 11.8 Å². The van der Waals surface area contributed by atoms with E-state index in [0.717, 1.165) is 18.7 Å². The lowest BCUT2D eigenvalue weighted by Crippen LogP contribution is -2.25. The van der Waals surface area contributed by atoms with Crippen LogP contribution in [0.2, 0.25) is 0 Å². The number of rotatable bonds is 7. The molecule has 3 aromatic carbocycles. The molecule has 0 unspecified atom stereocenters. The van der Waals surface area contributed by atoms with Crippen LogP contribution in [0.3, 0.4) is 0 Å². The van der Waals surface area contributed by atoms with Crippen LogP contribution >= 0.6 is 18.8 Å². The Labute approximate surface area is 155 Å². The number of thioether (sulfide) groups is 1. The van der Waals surface area contributed by atoms with E-state index in [0.29, 0.717) is 0 Å². The summed E-state index contributed by atoms with van der Waals surface area (Å²) in [6.07, 6.45) is 3.28. The lowest BCUT2D eigenvalue weighted by molar-refractivity contribution is 0.955. The molecule has 0 aliphatic carbocycles. The first-order chi connectivity index (χ1) is 12.4. The average molecular weight is 365 g/mol. The molecule has 0 heterocycles. The van der Waals surface area contributed by atoms with Gasteiger partial charge in [-0.3, -0.25) is 4.74 Å². The zero-order valence-corrected chi connectivity index (χ0v) is 16.3. The third kappa shape index (κ3) is 4.08. The Balaban J connectivity index is 2.24. The molecule has 0 fully saturated rings. The summed E-state index contributed by atoms with van der Waals surface area (Å²) < 4.78 is 5.40. The van der Waals surface area contributed by atoms with Crippen molar-refractivity contribution in [3.63, 3.8) is 0 Å². The highest BCUT2D eigenvalue weighted by Gasteiger charge is 2.26. The van der Waals surface area contributed by atoms with Crippen LogP contribution in [0.4, 0.5) is 0 Å². The molecular weight excluding hydrogens is 341 g/mol. The maximum Gasteiger partial charge on any atom is 0.0547 e. The highest BCUT2D eigenvalue weighted by molar-refractivity contribution is 7.98. The van der Waals surface area contributed by atoms with Crippen LogP contribution in [-0.2, 0) is 0 Å². The van der Waals surface area contributed by atoms with E-state index in [2.05, 4.69) is 97.3 Å². The Kier molecular flexibility index (Phi) is 6.55. The molecule has 0 saturated heterocycles. The van der Waals surface area contributed by atoms with Gasteiger partial charge < -0.3 is 0 Å². The minimum Gasteiger partial charge on any atom is -0.290 e. The van der Waals surface area contributed by atoms with Crippen molar-refractivity contribution in [2.24, 2.45) is 4.74 Å². The molecule has 0 amide bonds. The highest BCUT2D eigenvalue weighted by Crippen LogP contribution is 2.46. The van der Waals surface area contributed by atoms with Gasteiger partial charge >= 0.3 is 0 Å². The maximum absolute atomic E-state index is 5.40. The SMILES string of the molecule is CSCCCN=P(c1ccccc1)(c1ccccc1)c1ccccc1. The molecule has 0 spiro atoms. The van der Waals surface area contributed by atoms with Gasteiger partial charge in [0.05, 0.1) is 7.05 Å². The van der Waals surface area contributed by atoms with E-state index in [9.17, 15) is 0 Å². The molecule has 0 atom stereocenters. The van der Waals surface area contributed by atoms with Crippen molar-refractivity contribution in [3.8, 4) is 0 Å². The van der Waals surface area contributed by atoms with Gasteiger partial charge in [0.25, 0.3) is 0 Å². The molecule has 0 bridgehead atoms. The minimum absolute atomic E-state index is 0.896. The van der Waals surface area contributed by atoms with Crippen LogP contribution < -0.4 is 15.9 Å². The van der Waals surface area contributed by atoms with Gasteiger partial charge in [0, 0.05) is 22.5 Å². The van der Waals surface area contributed by atoms with Crippen molar-refractivity contribution in [1.82, 2.24) is 0 Å². The Hall–Kier alpha value is -1.76. The Morgan fingerprint density at radius 1 is 0.680 bits per heavy atom. The largest absolute Gasteiger partial charge is 0.290 e. The summed E-state index contributed by atoms with van der Waals surface area (Å²) in [5, 5.41) is 3.99. The van der Waals surface area contributed by atoms with Crippen LogP contribution in [0.1, 0.15) is 6.42 Å². The molecule has 0 radical (unpaired) electrons. The fraction of sp³-hybridized carbons (Fsp3) is 0.182. The van der Waals surface area contributed by atoms with Crippen molar-refractivity contribution in [2.45, 2.75) is 6.42 Å². The smallest absolute Gasteiger partial charge is 0.0547 e. The van der Waals surface area contributed by atoms with Crippen molar-refractivity contribution in [2.75, 3.05) is 18.6 Å². The van der Waals surface area contributed by atoms with Crippen LogP contribution in [0.5, 0.6) is 0 Å². The van der Waals surface area contributed by atoms with Crippen LogP contribution in [0.25, 0.3) is 0 Å². The van der Waals surface area contributed by atoms with E-state index in [1.165, 1.54) is 15.9 Å². The first-order valence-electron chi connectivity index (χ1n) is 8.62. The minimum atomic E-state index is -1.98. The van der Waals surface area contributed by atoms with E-state index >= 15 is 0 Å². The van der Waals surface area contributed by atoms with Crippen molar-refractivity contribution in [3.05, 3.63) is 91.0 Å². The van der Waals surface area contributed by atoms with Gasteiger partial charge in [0.1, 0.15) is 0 Å². The molecule has 1 nitrogen and oxygen atoms in total. The summed E-state index contributed by atoms with van der Waals surface area (Å²) in [7, 11) is -1.98. The van der Waals surface area contributed by atoms with Crippen molar-refractivity contribution < 1.29 is 0 Å². The average Bonchev–Trinajstić information content (AvgIpc) is 2.70. The molecule has 0 saturated carbocycles. The molecule has 0 aliphatic heterocycles. The molecule has 0 aliphatic rings. The second kappa shape index (κ2) is 9.08. The number of hydrogen-bond donors (Lipinski definition) is 0. The summed E-state index contributed by atoms with van der Waals surface area (Å²) in [5.41, 5.74) is 0. The molecule has 25 heavy (non-hydrogen) atoms. The van der Waals surface area contributed by atoms with E-state index in [1.54, 1.807) is 0 Å². The number of hydrogen-bond acceptors (Lipinski definition) is 2. The van der Waals surface area contributed by atoms with Crippen LogP contribution in [0, 0.1) is 0 Å². The Morgan fingerprint density at radius 3 is 1.44 bits per heavy atom. The predicted octanol–water partition coefficient (Wildman–Crippen LogP) is 4.92. The van der Waals surface area contributed by atoms with Gasteiger partial charge in [-0.1, -0.05) is 91.0 Å². The zero-order chi connectivity index (χ0) is 17.4. The van der Waals surface area contributed by atoms with Gasteiger partial charge in [0.15, 0.2) is 0 Å². The Bertz CT molecular complexity index is 713. The van der Waals surface area contributed by atoms with E-state index in [-0.39, 0.29) is 0 Å². The normalized spacial score (nSPS) is 11.2. The molecule has 0 aromatic heterocycles. The third-order valence-corrected chi connectivity index (χ3v) is 8.67. The quantitative estimate of drug-likeness (QED) is 0.428. The topological polar surface area (TPSA) is 12.4 Å². The van der Waals surface area contributed by atoms with Crippen LogP contribution in [0.15, 0.2) is 95.7 Å². The van der Waals surface area contributed by atoms with E-state index in [4.69, 9.17) is 4.74 Å². The predicted molar refractivity (Wildman–Crippen MR) is 115 cm³/mol. The standard InChI is InChI=1S/C22H24NPS/c1-25-19-11-18-23-24(20-12-5-2-6-13-20,21-14-7-3-8-15-21)22-16-9-4-10-17-22/h2-10,12-17H,11,18-19H2,1H3. The molecule has 3 aromatic rings. The highest BCUT2D eigenvalue weighted by atomic mass is 32.2. The molecule has 128 valence electrons. The second-order valence-electron chi connectivity index (χ2n) is 5.85. The first-order valence-corrected chi connectivity index (χ1v) is 11.8. The fourth-order valence-electron chi connectivity index (χ4n) is 3.05. The van der Waals surface area contributed by atoms with Gasteiger partial charge in [-0.05, 0) is 18.4 Å². The molecule has 0 N–H and O–H groups in total. The molecule has 3 rings (SSSR count). The summed E-state index contributed by atoms with van der Waals surface area (Å²) in [5.74, 6) is 1.15. The third-order valence-electron chi connectivity index (χ3n) is 4.21. The number of benzene rings is 3. The second-order valence-corrected chi connectivity index (χ2v) is 9.94. The van der Waals surface area contributed by atoms with E-state index in [1.807, 2.05) is 11.8 Å². The molecule has 3 heteroatoms. The first kappa shape index (κ1) is 18.0. The molecular formula is C22H24NPS. The van der Waals surface area contributed by atoms with Gasteiger partial charge in [0.2, 0.25) is 0 Å². The Morgan fingerprint density at radius 2 is 1.08 bits per heavy atom. The number of nitrogens with zero attached hydrogens (tertiary/aromatic N) is 1. The zero-order valence-electron chi connectivity index (χ0n) is 14.6. The fourth-order valence-corrected chi connectivity index (χ4v) is 7.11. The van der Waals surface area contributed by atoms with E-state index < -0.39 is 7.05 Å². The summed E-state index contributed by atoms with van der Waals surface area (Å²) in [6.45, 7) is 0.896. The summed E-state index contributed by atoms with van der Waals surface area (Å²) >= 11 is 1.89. The van der Waals surface area contributed by atoms with Gasteiger partial charge in [-0.25, -0.2) is 0 Å². The van der Waals surface area contributed by atoms with Gasteiger partial charge in [-0.15, -0.1) is 0 Å². The van der Waals surface area contributed by atoms with Crippen molar-refractivity contribution in [1.29, 1.82) is 0 Å². The monoisotopic (exact) mass is 365 g/mol. The van der Waals surface area contributed by atoms with Crippen molar-refractivity contribution >= 4 is 34.7 Å². The van der Waals surface area contributed by atoms with Crippen LogP contribution in [-0.4, -0.2) is 18.6 Å². The maximum atomic E-state index is 5.40. The summed E-state index contributed by atoms with van der Waals surface area (Å²) in [4.78, 5) is 0.